The van der Waals surface area contributed by atoms with Gasteiger partial charge in [0.15, 0.2) is 11.6 Å². The molecular weight excluding hydrogens is 312 g/mol. The van der Waals surface area contributed by atoms with Crippen molar-refractivity contribution < 1.29 is 29.3 Å². The smallest absolute Gasteiger partial charge is 0.202 e. The lowest BCUT2D eigenvalue weighted by atomic mass is 9.80. The Labute approximate surface area is 137 Å². The summed E-state index contributed by atoms with van der Waals surface area (Å²) >= 11 is 0. The second-order valence-corrected chi connectivity index (χ2v) is 5.54. The van der Waals surface area contributed by atoms with Crippen LogP contribution in [0.15, 0.2) is 18.2 Å². The first kappa shape index (κ1) is 15.7. The van der Waals surface area contributed by atoms with E-state index in [0.29, 0.717) is 0 Å². The molecule has 0 aromatic heterocycles. The molecule has 1 aliphatic carbocycles. The van der Waals surface area contributed by atoms with Crippen LogP contribution in [0.5, 0.6) is 17.2 Å². The number of hydrogen-bond donors (Lipinski definition) is 2. The molecule has 3 rings (SSSR count). The molecule has 6 heteroatoms. The normalized spacial score (nSPS) is 12.6. The number of hydrogen-bond acceptors (Lipinski definition) is 6. The van der Waals surface area contributed by atoms with Gasteiger partial charge >= 0.3 is 0 Å². The van der Waals surface area contributed by atoms with Crippen molar-refractivity contribution in [2.24, 2.45) is 0 Å². The molecule has 0 fully saturated rings. The lowest BCUT2D eigenvalue weighted by Gasteiger charge is -2.23. The number of fused-ring (bicyclic) bond motifs is 2. The summed E-state index contributed by atoms with van der Waals surface area (Å²) in [6.07, 6.45) is 0. The van der Waals surface area contributed by atoms with E-state index in [4.69, 9.17) is 4.74 Å². The van der Waals surface area contributed by atoms with E-state index in [1.807, 2.05) is 0 Å². The van der Waals surface area contributed by atoms with E-state index in [9.17, 15) is 24.6 Å². The first-order valence-electron chi connectivity index (χ1n) is 7.17. The fourth-order valence-electron chi connectivity index (χ4n) is 3.10. The summed E-state index contributed by atoms with van der Waals surface area (Å²) in [5.74, 6) is -2.69. The van der Waals surface area contributed by atoms with Crippen molar-refractivity contribution in [1.29, 1.82) is 0 Å². The average Bonchev–Trinajstić information content (AvgIpc) is 2.55. The van der Waals surface area contributed by atoms with Crippen LogP contribution in [0.3, 0.4) is 0 Å². The first-order valence-corrected chi connectivity index (χ1v) is 7.17. The summed E-state index contributed by atoms with van der Waals surface area (Å²) in [5.41, 5.74) is -0.690. The monoisotopic (exact) mass is 326 g/mol. The Morgan fingerprint density at radius 1 is 1.00 bits per heavy atom. The lowest BCUT2D eigenvalue weighted by molar-refractivity contribution is 0.0968. The molecule has 2 aromatic rings. The van der Waals surface area contributed by atoms with Gasteiger partial charge in [0.1, 0.15) is 17.2 Å². The third kappa shape index (κ3) is 1.86. The van der Waals surface area contributed by atoms with Crippen LogP contribution < -0.4 is 4.74 Å². The maximum Gasteiger partial charge on any atom is 0.202 e. The molecule has 0 spiro atoms. The van der Waals surface area contributed by atoms with E-state index < -0.39 is 28.8 Å². The average molecular weight is 326 g/mol. The Morgan fingerprint density at radius 3 is 2.21 bits per heavy atom. The molecule has 122 valence electrons. The molecule has 0 atom stereocenters. The van der Waals surface area contributed by atoms with Gasteiger partial charge in [0.2, 0.25) is 5.78 Å². The minimum atomic E-state index is -0.674. The number of carbonyl (C=O) groups excluding carboxylic acids is 3. The Balaban J connectivity index is 2.46. The molecule has 0 bridgehead atoms. The Hall–Kier alpha value is -3.15. The molecule has 0 unspecified atom stereocenters. The topological polar surface area (TPSA) is 101 Å². The third-order valence-electron chi connectivity index (χ3n) is 4.21. The zero-order valence-corrected chi connectivity index (χ0v) is 13.3. The van der Waals surface area contributed by atoms with E-state index in [-0.39, 0.29) is 39.1 Å². The number of rotatable bonds is 2. The van der Waals surface area contributed by atoms with Crippen molar-refractivity contribution in [3.8, 4) is 17.2 Å². The molecule has 24 heavy (non-hydrogen) atoms. The standard InChI is InChI=1S/C18H14O6/c1-7-11(8(2)19)17(22)14-13(15(7)20)16(21)9-5-4-6-10(24-3)12(9)18(14)23/h4-6,20,22H,1-3H3. The van der Waals surface area contributed by atoms with Crippen LogP contribution in [0.25, 0.3) is 0 Å². The number of benzene rings is 2. The molecule has 0 saturated carbocycles. The minimum absolute atomic E-state index is 0.00514. The highest BCUT2D eigenvalue weighted by Crippen LogP contribution is 2.44. The molecule has 0 radical (unpaired) electrons. The van der Waals surface area contributed by atoms with E-state index >= 15 is 0 Å². The quantitative estimate of drug-likeness (QED) is 0.554. The van der Waals surface area contributed by atoms with Crippen LogP contribution in [0.2, 0.25) is 0 Å². The van der Waals surface area contributed by atoms with E-state index in [0.717, 1.165) is 0 Å². The largest absolute Gasteiger partial charge is 0.507 e. The highest BCUT2D eigenvalue weighted by molar-refractivity contribution is 6.32. The summed E-state index contributed by atoms with van der Waals surface area (Å²) in [7, 11) is 1.36. The Bertz CT molecular complexity index is 939. The van der Waals surface area contributed by atoms with Gasteiger partial charge < -0.3 is 14.9 Å². The van der Waals surface area contributed by atoms with Crippen molar-refractivity contribution in [3.63, 3.8) is 0 Å². The first-order chi connectivity index (χ1) is 11.3. The van der Waals surface area contributed by atoms with E-state index in [2.05, 4.69) is 0 Å². The molecule has 0 amide bonds. The number of ether oxygens (including phenoxy) is 1. The SMILES string of the molecule is COc1cccc2c1C(=O)c1c(O)c(C(C)=O)c(C)c(O)c1C2=O. The molecular formula is C18H14O6. The van der Waals surface area contributed by atoms with E-state index in [1.54, 1.807) is 6.07 Å². The number of aromatic hydroxyl groups is 2. The van der Waals surface area contributed by atoms with Crippen molar-refractivity contribution >= 4 is 17.3 Å². The highest BCUT2D eigenvalue weighted by atomic mass is 16.5. The predicted octanol–water partition coefficient (Wildman–Crippen LogP) is 2.39. The maximum absolute atomic E-state index is 12.9. The summed E-state index contributed by atoms with van der Waals surface area (Å²) in [5, 5.41) is 20.8. The molecule has 2 aromatic carbocycles. The van der Waals surface area contributed by atoms with Gasteiger partial charge in [0.25, 0.3) is 0 Å². The van der Waals surface area contributed by atoms with Crippen LogP contribution in [0.1, 0.15) is 54.7 Å². The van der Waals surface area contributed by atoms with Gasteiger partial charge in [-0.2, -0.15) is 0 Å². The van der Waals surface area contributed by atoms with E-state index in [1.165, 1.54) is 33.1 Å². The molecule has 2 N–H and O–H groups in total. The zero-order valence-electron chi connectivity index (χ0n) is 13.3. The Morgan fingerprint density at radius 2 is 1.62 bits per heavy atom. The van der Waals surface area contributed by atoms with Gasteiger partial charge in [-0.3, -0.25) is 14.4 Å². The molecule has 1 aliphatic rings. The second kappa shape index (κ2) is 5.19. The fourth-order valence-corrected chi connectivity index (χ4v) is 3.10. The summed E-state index contributed by atoms with van der Waals surface area (Å²) in [6.45, 7) is 2.61. The van der Waals surface area contributed by atoms with Gasteiger partial charge in [0.05, 0.1) is 29.4 Å². The van der Waals surface area contributed by atoms with Crippen LogP contribution in [0.4, 0.5) is 0 Å². The van der Waals surface area contributed by atoms with Gasteiger partial charge in [0, 0.05) is 11.1 Å². The molecule has 0 aliphatic heterocycles. The molecule has 0 saturated heterocycles. The van der Waals surface area contributed by atoms with Gasteiger partial charge in [-0.25, -0.2) is 0 Å². The number of Topliss-reactive ketones (excluding diaryl/α,β-unsaturated/α-hetero) is 1. The number of ketones is 3. The number of methoxy groups -OCH3 is 1. The zero-order chi connectivity index (χ0) is 17.8. The van der Waals surface area contributed by atoms with Crippen LogP contribution in [-0.2, 0) is 0 Å². The third-order valence-corrected chi connectivity index (χ3v) is 4.21. The summed E-state index contributed by atoms with van der Waals surface area (Å²) in [4.78, 5) is 37.4. The highest BCUT2D eigenvalue weighted by Gasteiger charge is 2.39. The number of phenolic OH excluding ortho intramolecular Hbond substituents is 2. The molecule has 6 nitrogen and oxygen atoms in total. The Kier molecular flexibility index (Phi) is 3.41. The van der Waals surface area contributed by atoms with Crippen molar-refractivity contribution in [2.45, 2.75) is 13.8 Å². The van der Waals surface area contributed by atoms with Crippen molar-refractivity contribution in [1.82, 2.24) is 0 Å². The lowest BCUT2D eigenvalue weighted by Crippen LogP contribution is -2.23. The maximum atomic E-state index is 12.9. The van der Waals surface area contributed by atoms with Crippen LogP contribution >= 0.6 is 0 Å². The van der Waals surface area contributed by atoms with Gasteiger partial charge in [-0.15, -0.1) is 0 Å². The van der Waals surface area contributed by atoms with Crippen LogP contribution in [-0.4, -0.2) is 34.7 Å². The van der Waals surface area contributed by atoms with Crippen molar-refractivity contribution in [3.05, 3.63) is 51.6 Å². The predicted molar refractivity (Wildman–Crippen MR) is 84.4 cm³/mol. The number of phenols is 2. The van der Waals surface area contributed by atoms with Gasteiger partial charge in [-0.05, 0) is 19.9 Å². The summed E-state index contributed by atoms with van der Waals surface area (Å²) in [6, 6.07) is 4.53. The van der Waals surface area contributed by atoms with Crippen LogP contribution in [0, 0.1) is 6.92 Å². The van der Waals surface area contributed by atoms with Gasteiger partial charge in [-0.1, -0.05) is 12.1 Å². The fraction of sp³-hybridized carbons (Fsp3) is 0.167. The summed E-state index contributed by atoms with van der Waals surface area (Å²) < 4.78 is 5.13. The molecule has 0 heterocycles. The number of carbonyl (C=O) groups is 3. The second-order valence-electron chi connectivity index (χ2n) is 5.54. The van der Waals surface area contributed by atoms with Crippen molar-refractivity contribution in [2.75, 3.05) is 7.11 Å². The minimum Gasteiger partial charge on any atom is -0.507 e.